The Balaban J connectivity index is 2.18. The number of halogens is 1. The molecule has 1 fully saturated rings. The lowest BCUT2D eigenvalue weighted by Gasteiger charge is -2.37. The summed E-state index contributed by atoms with van der Waals surface area (Å²) in [7, 11) is 0. The average molecular weight is 270 g/mol. The zero-order valence-electron chi connectivity index (χ0n) is 9.97. The van der Waals surface area contributed by atoms with Crippen LogP contribution in [-0.2, 0) is 0 Å². The SMILES string of the molecule is O=C(c1ccc(O)c(Cl)c1)N(CCO)C1CCC1. The van der Waals surface area contributed by atoms with E-state index in [0.717, 1.165) is 19.3 Å². The third-order valence-corrected chi connectivity index (χ3v) is 3.61. The summed E-state index contributed by atoms with van der Waals surface area (Å²) in [6, 6.07) is 4.64. The van der Waals surface area contributed by atoms with Crippen molar-refractivity contribution in [2.24, 2.45) is 0 Å². The van der Waals surface area contributed by atoms with Gasteiger partial charge in [0, 0.05) is 18.2 Å². The van der Waals surface area contributed by atoms with Gasteiger partial charge in [0.15, 0.2) is 0 Å². The van der Waals surface area contributed by atoms with Crippen LogP contribution >= 0.6 is 11.6 Å². The van der Waals surface area contributed by atoms with E-state index in [-0.39, 0.29) is 29.3 Å². The second-order valence-corrected chi connectivity index (χ2v) is 4.88. The second-order valence-electron chi connectivity index (χ2n) is 4.47. The molecule has 2 N–H and O–H groups in total. The number of aromatic hydroxyl groups is 1. The van der Waals surface area contributed by atoms with Gasteiger partial charge in [-0.25, -0.2) is 0 Å². The Kier molecular flexibility index (Phi) is 4.09. The molecule has 0 aliphatic heterocycles. The van der Waals surface area contributed by atoms with Crippen LogP contribution in [0.15, 0.2) is 18.2 Å². The van der Waals surface area contributed by atoms with Crippen LogP contribution in [0.25, 0.3) is 0 Å². The number of phenols is 1. The molecule has 98 valence electrons. The molecular formula is C13H16ClNO3. The van der Waals surface area contributed by atoms with Gasteiger partial charge < -0.3 is 15.1 Å². The van der Waals surface area contributed by atoms with E-state index in [1.165, 1.54) is 12.1 Å². The van der Waals surface area contributed by atoms with Crippen LogP contribution in [0.2, 0.25) is 5.02 Å². The highest BCUT2D eigenvalue weighted by Crippen LogP contribution is 2.28. The predicted octanol–water partition coefficient (Wildman–Crippen LogP) is 2.03. The van der Waals surface area contributed by atoms with E-state index in [2.05, 4.69) is 0 Å². The summed E-state index contributed by atoms with van der Waals surface area (Å²) in [4.78, 5) is 14.0. The molecule has 1 aromatic rings. The fourth-order valence-electron chi connectivity index (χ4n) is 2.06. The van der Waals surface area contributed by atoms with E-state index in [1.54, 1.807) is 11.0 Å². The molecule has 1 aliphatic rings. The highest BCUT2D eigenvalue weighted by Gasteiger charge is 2.29. The van der Waals surface area contributed by atoms with Gasteiger partial charge in [-0.15, -0.1) is 0 Å². The van der Waals surface area contributed by atoms with Crippen molar-refractivity contribution in [3.05, 3.63) is 28.8 Å². The Morgan fingerprint density at radius 2 is 2.17 bits per heavy atom. The van der Waals surface area contributed by atoms with Crippen LogP contribution < -0.4 is 0 Å². The van der Waals surface area contributed by atoms with Gasteiger partial charge in [0.05, 0.1) is 11.6 Å². The number of hydrogen-bond donors (Lipinski definition) is 2. The van der Waals surface area contributed by atoms with Crippen LogP contribution in [0.3, 0.4) is 0 Å². The van der Waals surface area contributed by atoms with Crippen LogP contribution in [-0.4, -0.2) is 40.2 Å². The van der Waals surface area contributed by atoms with Crippen LogP contribution in [0.4, 0.5) is 0 Å². The summed E-state index contributed by atoms with van der Waals surface area (Å²) < 4.78 is 0. The van der Waals surface area contributed by atoms with Gasteiger partial charge >= 0.3 is 0 Å². The Labute approximate surface area is 111 Å². The number of hydrogen-bond acceptors (Lipinski definition) is 3. The van der Waals surface area contributed by atoms with Gasteiger partial charge in [-0.1, -0.05) is 11.6 Å². The number of rotatable bonds is 4. The summed E-state index contributed by atoms with van der Waals surface area (Å²) in [5.74, 6) is -0.179. The molecular weight excluding hydrogens is 254 g/mol. The molecule has 0 bridgehead atoms. The topological polar surface area (TPSA) is 60.8 Å². The van der Waals surface area contributed by atoms with Gasteiger partial charge in [0.25, 0.3) is 5.91 Å². The maximum absolute atomic E-state index is 12.3. The number of benzene rings is 1. The quantitative estimate of drug-likeness (QED) is 0.879. The van der Waals surface area contributed by atoms with E-state index >= 15 is 0 Å². The van der Waals surface area contributed by atoms with Crippen molar-refractivity contribution in [2.45, 2.75) is 25.3 Å². The highest BCUT2D eigenvalue weighted by atomic mass is 35.5. The first kappa shape index (κ1) is 13.2. The number of carbonyl (C=O) groups excluding carboxylic acids is 1. The minimum Gasteiger partial charge on any atom is -0.506 e. The van der Waals surface area contributed by atoms with E-state index in [0.29, 0.717) is 12.1 Å². The zero-order chi connectivity index (χ0) is 13.1. The lowest BCUT2D eigenvalue weighted by Crippen LogP contribution is -2.45. The number of nitrogens with zero attached hydrogens (tertiary/aromatic N) is 1. The first-order chi connectivity index (χ1) is 8.63. The summed E-state index contributed by atoms with van der Waals surface area (Å²) in [6.07, 6.45) is 3.09. The Morgan fingerprint density at radius 3 is 2.67 bits per heavy atom. The first-order valence-electron chi connectivity index (χ1n) is 6.04. The highest BCUT2D eigenvalue weighted by molar-refractivity contribution is 6.32. The number of aliphatic hydroxyl groups is 1. The molecule has 18 heavy (non-hydrogen) atoms. The van der Waals surface area contributed by atoms with Crippen molar-refractivity contribution in [1.29, 1.82) is 0 Å². The van der Waals surface area contributed by atoms with Crippen molar-refractivity contribution in [1.82, 2.24) is 4.90 Å². The third kappa shape index (κ3) is 2.60. The smallest absolute Gasteiger partial charge is 0.254 e. The normalized spacial score (nSPS) is 15.2. The number of phenolic OH excluding ortho intramolecular Hbond substituents is 1. The Hall–Kier alpha value is -1.26. The van der Waals surface area contributed by atoms with E-state index in [4.69, 9.17) is 16.7 Å². The Morgan fingerprint density at radius 1 is 1.44 bits per heavy atom. The van der Waals surface area contributed by atoms with Gasteiger partial charge in [-0.3, -0.25) is 4.79 Å². The third-order valence-electron chi connectivity index (χ3n) is 3.31. The number of aliphatic hydroxyl groups excluding tert-OH is 1. The van der Waals surface area contributed by atoms with Crippen molar-refractivity contribution in [3.8, 4) is 5.75 Å². The van der Waals surface area contributed by atoms with E-state index in [1.807, 2.05) is 0 Å². The molecule has 0 aromatic heterocycles. The molecule has 0 radical (unpaired) electrons. The maximum Gasteiger partial charge on any atom is 0.254 e. The van der Waals surface area contributed by atoms with Crippen molar-refractivity contribution < 1.29 is 15.0 Å². The summed E-state index contributed by atoms with van der Waals surface area (Å²) in [5.41, 5.74) is 0.443. The largest absolute Gasteiger partial charge is 0.506 e. The monoisotopic (exact) mass is 269 g/mol. The average Bonchev–Trinajstić information content (AvgIpc) is 2.29. The molecule has 0 spiro atoms. The van der Waals surface area contributed by atoms with E-state index in [9.17, 15) is 9.90 Å². The van der Waals surface area contributed by atoms with Gasteiger partial charge in [0.2, 0.25) is 0 Å². The van der Waals surface area contributed by atoms with E-state index < -0.39 is 0 Å². The van der Waals surface area contributed by atoms with Gasteiger partial charge in [-0.05, 0) is 37.5 Å². The molecule has 0 atom stereocenters. The fourth-order valence-corrected chi connectivity index (χ4v) is 2.24. The molecule has 0 unspecified atom stereocenters. The van der Waals surface area contributed by atoms with Crippen molar-refractivity contribution in [3.63, 3.8) is 0 Å². The molecule has 1 aromatic carbocycles. The first-order valence-corrected chi connectivity index (χ1v) is 6.41. The van der Waals surface area contributed by atoms with Crippen molar-refractivity contribution in [2.75, 3.05) is 13.2 Å². The molecule has 1 aliphatic carbocycles. The minimum absolute atomic E-state index is 0.0365. The molecule has 5 heteroatoms. The second kappa shape index (κ2) is 5.59. The minimum atomic E-state index is -0.143. The molecule has 2 rings (SSSR count). The predicted molar refractivity (Wildman–Crippen MR) is 68.9 cm³/mol. The number of carbonyl (C=O) groups is 1. The summed E-state index contributed by atoms with van der Waals surface area (Å²) in [6.45, 7) is 0.288. The number of amides is 1. The fraction of sp³-hybridized carbons (Fsp3) is 0.462. The van der Waals surface area contributed by atoms with Crippen molar-refractivity contribution >= 4 is 17.5 Å². The molecule has 4 nitrogen and oxygen atoms in total. The summed E-state index contributed by atoms with van der Waals surface area (Å²) in [5, 5.41) is 18.5. The maximum atomic E-state index is 12.3. The molecule has 1 saturated carbocycles. The Bertz CT molecular complexity index is 446. The van der Waals surface area contributed by atoms with Gasteiger partial charge in [-0.2, -0.15) is 0 Å². The van der Waals surface area contributed by atoms with Crippen LogP contribution in [0.1, 0.15) is 29.6 Å². The standard InChI is InChI=1S/C13H16ClNO3/c14-11-8-9(4-5-12(11)17)13(18)15(6-7-16)10-2-1-3-10/h4-5,8,10,16-17H,1-3,6-7H2. The van der Waals surface area contributed by atoms with Crippen LogP contribution in [0.5, 0.6) is 5.75 Å². The van der Waals surface area contributed by atoms with Crippen LogP contribution in [0, 0.1) is 0 Å². The molecule has 0 saturated heterocycles. The lowest BCUT2D eigenvalue weighted by atomic mass is 9.91. The molecule has 0 heterocycles. The summed E-state index contributed by atoms with van der Waals surface area (Å²) >= 11 is 5.80. The van der Waals surface area contributed by atoms with Gasteiger partial charge in [0.1, 0.15) is 5.75 Å². The zero-order valence-corrected chi connectivity index (χ0v) is 10.7. The lowest BCUT2D eigenvalue weighted by molar-refractivity contribution is 0.0526. The molecule has 1 amide bonds.